The largest absolute Gasteiger partial charge is 0.306 e. The van der Waals surface area contributed by atoms with Crippen molar-refractivity contribution in [2.24, 2.45) is 0 Å². The first-order chi connectivity index (χ1) is 10.2. The molecule has 2 aromatic heterocycles. The van der Waals surface area contributed by atoms with Crippen LogP contribution in [0.15, 0.2) is 65.5 Å². The van der Waals surface area contributed by atoms with Crippen molar-refractivity contribution in [3.05, 3.63) is 71.1 Å². The Morgan fingerprint density at radius 2 is 1.90 bits per heavy atom. The SMILES string of the molecule is O=C(Nc1ccc(Br)cn1)c1cnn(-c2ccccc2)c1. The zero-order valence-corrected chi connectivity index (χ0v) is 12.5. The summed E-state index contributed by atoms with van der Waals surface area (Å²) in [5, 5.41) is 6.92. The van der Waals surface area contributed by atoms with Gasteiger partial charge in [-0.05, 0) is 40.2 Å². The zero-order valence-electron chi connectivity index (χ0n) is 10.9. The predicted molar refractivity (Wildman–Crippen MR) is 83.5 cm³/mol. The number of benzene rings is 1. The third-order valence-electron chi connectivity index (χ3n) is 2.83. The summed E-state index contributed by atoms with van der Waals surface area (Å²) < 4.78 is 2.52. The lowest BCUT2D eigenvalue weighted by molar-refractivity contribution is 0.102. The van der Waals surface area contributed by atoms with E-state index in [2.05, 4.69) is 31.3 Å². The molecule has 0 saturated carbocycles. The highest BCUT2D eigenvalue weighted by Gasteiger charge is 2.10. The molecule has 1 aromatic carbocycles. The van der Waals surface area contributed by atoms with Gasteiger partial charge in [0.05, 0.1) is 17.4 Å². The van der Waals surface area contributed by atoms with Gasteiger partial charge in [0.2, 0.25) is 0 Å². The van der Waals surface area contributed by atoms with Crippen molar-refractivity contribution in [1.82, 2.24) is 14.8 Å². The van der Waals surface area contributed by atoms with E-state index in [1.54, 1.807) is 23.1 Å². The summed E-state index contributed by atoms with van der Waals surface area (Å²) in [6.07, 6.45) is 4.84. The number of carbonyl (C=O) groups is 1. The highest BCUT2D eigenvalue weighted by Crippen LogP contribution is 2.12. The molecule has 5 nitrogen and oxygen atoms in total. The number of hydrogen-bond donors (Lipinski definition) is 1. The molecule has 0 fully saturated rings. The Labute approximate surface area is 129 Å². The second-order valence-electron chi connectivity index (χ2n) is 4.32. The Kier molecular flexibility index (Phi) is 3.79. The summed E-state index contributed by atoms with van der Waals surface area (Å²) in [6.45, 7) is 0. The number of pyridine rings is 1. The first-order valence-corrected chi connectivity index (χ1v) is 7.05. The van der Waals surface area contributed by atoms with E-state index < -0.39 is 0 Å². The lowest BCUT2D eigenvalue weighted by Crippen LogP contribution is -2.12. The maximum absolute atomic E-state index is 12.1. The lowest BCUT2D eigenvalue weighted by atomic mass is 10.3. The van der Waals surface area contributed by atoms with Gasteiger partial charge in [-0.2, -0.15) is 5.10 Å². The highest BCUT2D eigenvalue weighted by molar-refractivity contribution is 9.10. The van der Waals surface area contributed by atoms with Crippen LogP contribution >= 0.6 is 15.9 Å². The molecule has 21 heavy (non-hydrogen) atoms. The van der Waals surface area contributed by atoms with Crippen LogP contribution in [0.3, 0.4) is 0 Å². The van der Waals surface area contributed by atoms with Crippen LogP contribution in [0.1, 0.15) is 10.4 Å². The molecular weight excluding hydrogens is 332 g/mol. The third kappa shape index (κ3) is 3.17. The van der Waals surface area contributed by atoms with Gasteiger partial charge in [-0.25, -0.2) is 9.67 Å². The number of nitrogens with one attached hydrogen (secondary N) is 1. The van der Waals surface area contributed by atoms with Crippen molar-refractivity contribution in [3.63, 3.8) is 0 Å². The van der Waals surface area contributed by atoms with E-state index >= 15 is 0 Å². The van der Waals surface area contributed by atoms with Crippen LogP contribution in [-0.4, -0.2) is 20.7 Å². The quantitative estimate of drug-likeness (QED) is 0.794. The summed E-state index contributed by atoms with van der Waals surface area (Å²) in [5.74, 6) is 0.252. The molecule has 6 heteroatoms. The van der Waals surface area contributed by atoms with Crippen LogP contribution in [0.25, 0.3) is 5.69 Å². The number of amides is 1. The Bertz CT molecular complexity index is 753. The lowest BCUT2D eigenvalue weighted by Gasteiger charge is -2.02. The Hall–Kier alpha value is -2.47. The normalized spacial score (nSPS) is 10.3. The van der Waals surface area contributed by atoms with Gasteiger partial charge in [-0.3, -0.25) is 4.79 Å². The summed E-state index contributed by atoms with van der Waals surface area (Å²) in [5.41, 5.74) is 1.38. The molecule has 3 rings (SSSR count). The van der Waals surface area contributed by atoms with Crippen molar-refractivity contribution in [2.75, 3.05) is 5.32 Å². The van der Waals surface area contributed by atoms with Gasteiger partial charge in [0.15, 0.2) is 0 Å². The summed E-state index contributed by atoms with van der Waals surface area (Å²) in [6, 6.07) is 13.2. The summed E-state index contributed by atoms with van der Waals surface area (Å²) in [4.78, 5) is 16.2. The molecule has 1 N–H and O–H groups in total. The average molecular weight is 343 g/mol. The van der Waals surface area contributed by atoms with Crippen LogP contribution in [0.5, 0.6) is 0 Å². The van der Waals surface area contributed by atoms with Crippen LogP contribution in [0.4, 0.5) is 5.82 Å². The first-order valence-electron chi connectivity index (χ1n) is 6.25. The molecule has 0 aliphatic heterocycles. The monoisotopic (exact) mass is 342 g/mol. The molecule has 0 bridgehead atoms. The average Bonchev–Trinajstić information content (AvgIpc) is 3.00. The fourth-order valence-electron chi connectivity index (χ4n) is 1.80. The van der Waals surface area contributed by atoms with E-state index in [-0.39, 0.29) is 5.91 Å². The van der Waals surface area contributed by atoms with Crippen LogP contribution in [0.2, 0.25) is 0 Å². The van der Waals surface area contributed by atoms with Crippen molar-refractivity contribution >= 4 is 27.7 Å². The fraction of sp³-hybridized carbons (Fsp3) is 0. The van der Waals surface area contributed by atoms with Crippen molar-refractivity contribution in [1.29, 1.82) is 0 Å². The van der Waals surface area contributed by atoms with E-state index in [0.717, 1.165) is 10.2 Å². The molecule has 0 atom stereocenters. The van der Waals surface area contributed by atoms with Crippen LogP contribution in [0, 0.1) is 0 Å². The first kappa shape index (κ1) is 13.5. The minimum Gasteiger partial charge on any atom is -0.306 e. The number of para-hydroxylation sites is 1. The number of rotatable bonds is 3. The molecule has 2 heterocycles. The minimum atomic E-state index is -0.244. The Morgan fingerprint density at radius 1 is 1.10 bits per heavy atom. The molecule has 0 aliphatic carbocycles. The van der Waals surface area contributed by atoms with Gasteiger partial charge < -0.3 is 5.32 Å². The summed E-state index contributed by atoms with van der Waals surface area (Å²) >= 11 is 3.30. The van der Waals surface area contributed by atoms with E-state index in [1.165, 1.54) is 6.20 Å². The van der Waals surface area contributed by atoms with E-state index in [1.807, 2.05) is 36.4 Å². The molecule has 104 valence electrons. The molecule has 3 aromatic rings. The minimum absolute atomic E-state index is 0.244. The zero-order chi connectivity index (χ0) is 14.7. The molecule has 0 saturated heterocycles. The third-order valence-corrected chi connectivity index (χ3v) is 3.30. The number of anilines is 1. The number of carbonyl (C=O) groups excluding carboxylic acids is 1. The van der Waals surface area contributed by atoms with E-state index in [9.17, 15) is 4.79 Å². The number of nitrogens with zero attached hydrogens (tertiary/aromatic N) is 3. The van der Waals surface area contributed by atoms with Gasteiger partial charge in [0.25, 0.3) is 5.91 Å². The van der Waals surface area contributed by atoms with E-state index in [0.29, 0.717) is 11.4 Å². The van der Waals surface area contributed by atoms with Crippen molar-refractivity contribution < 1.29 is 4.79 Å². The molecule has 0 unspecified atom stereocenters. The smallest absolute Gasteiger partial charge is 0.260 e. The van der Waals surface area contributed by atoms with E-state index in [4.69, 9.17) is 0 Å². The van der Waals surface area contributed by atoms with Gasteiger partial charge >= 0.3 is 0 Å². The topological polar surface area (TPSA) is 59.8 Å². The number of hydrogen-bond acceptors (Lipinski definition) is 3. The number of aromatic nitrogens is 3. The van der Waals surface area contributed by atoms with Crippen LogP contribution in [-0.2, 0) is 0 Å². The molecular formula is C15H11BrN4O. The van der Waals surface area contributed by atoms with Gasteiger partial charge in [-0.15, -0.1) is 0 Å². The standard InChI is InChI=1S/C15H11BrN4O/c16-12-6-7-14(17-9-12)19-15(21)11-8-18-20(10-11)13-4-2-1-3-5-13/h1-10H,(H,17,19,21). The van der Waals surface area contributed by atoms with Crippen LogP contribution < -0.4 is 5.32 Å². The molecule has 0 spiro atoms. The maximum atomic E-state index is 12.1. The van der Waals surface area contributed by atoms with Crippen molar-refractivity contribution in [2.45, 2.75) is 0 Å². The summed E-state index contributed by atoms with van der Waals surface area (Å²) in [7, 11) is 0. The molecule has 0 radical (unpaired) electrons. The van der Waals surface area contributed by atoms with Gasteiger partial charge in [-0.1, -0.05) is 18.2 Å². The predicted octanol–water partition coefficient (Wildman–Crippen LogP) is 3.28. The van der Waals surface area contributed by atoms with Gasteiger partial charge in [0, 0.05) is 16.9 Å². The molecule has 1 amide bonds. The van der Waals surface area contributed by atoms with Crippen molar-refractivity contribution in [3.8, 4) is 5.69 Å². The van der Waals surface area contributed by atoms with Gasteiger partial charge in [0.1, 0.15) is 5.82 Å². The second kappa shape index (κ2) is 5.88. The Morgan fingerprint density at radius 3 is 2.62 bits per heavy atom. The fourth-order valence-corrected chi connectivity index (χ4v) is 2.03. The highest BCUT2D eigenvalue weighted by atomic mass is 79.9. The maximum Gasteiger partial charge on any atom is 0.260 e. The number of halogens is 1. The molecule has 0 aliphatic rings. The second-order valence-corrected chi connectivity index (χ2v) is 5.24. The Balaban J connectivity index is 1.77.